The molecule has 0 atom stereocenters. The number of nitrogen functional groups attached to an aromatic ring is 1. The molecule has 9 nitrogen and oxygen atoms in total. The van der Waals surface area contributed by atoms with Crippen molar-refractivity contribution in [2.45, 2.75) is 5.16 Å². The van der Waals surface area contributed by atoms with Gasteiger partial charge in [0.05, 0.1) is 30.1 Å². The molecule has 3 rings (SSSR count). The Morgan fingerprint density at radius 3 is 2.58 bits per heavy atom. The average molecular weight is 461 g/mol. The van der Waals surface area contributed by atoms with Gasteiger partial charge in [-0.2, -0.15) is 0 Å². The molecule has 0 bridgehead atoms. The van der Waals surface area contributed by atoms with Crippen LogP contribution in [-0.2, 0) is 9.59 Å². The van der Waals surface area contributed by atoms with Crippen LogP contribution < -0.4 is 15.9 Å². The summed E-state index contributed by atoms with van der Waals surface area (Å²) in [5, 5.41) is 11.6. The summed E-state index contributed by atoms with van der Waals surface area (Å²) in [7, 11) is 3.13. The summed E-state index contributed by atoms with van der Waals surface area (Å²) >= 11 is 7.17. The highest BCUT2D eigenvalue weighted by Gasteiger charge is 2.17. The predicted octanol–water partition coefficient (Wildman–Crippen LogP) is 2.51. The van der Waals surface area contributed by atoms with Gasteiger partial charge < -0.3 is 20.8 Å². The Morgan fingerprint density at radius 2 is 1.90 bits per heavy atom. The number of ether oxygens (including phenoxy) is 1. The molecule has 0 aliphatic rings. The lowest BCUT2D eigenvalue weighted by molar-refractivity contribution is -0.131. The second kappa shape index (κ2) is 10.2. The largest absolute Gasteiger partial charge is 0.497 e. The fraction of sp³-hybridized carbons (Fsp3) is 0.200. The van der Waals surface area contributed by atoms with E-state index in [1.54, 1.807) is 50.6 Å². The lowest BCUT2D eigenvalue weighted by Gasteiger charge is -2.16. The fourth-order valence-corrected chi connectivity index (χ4v) is 3.58. The number of nitrogens with zero attached hydrogens (tertiary/aromatic N) is 4. The summed E-state index contributed by atoms with van der Waals surface area (Å²) < 4.78 is 6.46. The Balaban J connectivity index is 1.54. The second-order valence-electron chi connectivity index (χ2n) is 6.47. The summed E-state index contributed by atoms with van der Waals surface area (Å²) in [4.78, 5) is 25.9. The van der Waals surface area contributed by atoms with Crippen LogP contribution >= 0.6 is 23.4 Å². The first-order chi connectivity index (χ1) is 14.9. The zero-order valence-corrected chi connectivity index (χ0v) is 18.5. The van der Waals surface area contributed by atoms with Gasteiger partial charge >= 0.3 is 0 Å². The molecule has 1 heterocycles. The summed E-state index contributed by atoms with van der Waals surface area (Å²) in [6.45, 7) is -0.114. The van der Waals surface area contributed by atoms with Gasteiger partial charge in [-0.3, -0.25) is 9.59 Å². The van der Waals surface area contributed by atoms with Gasteiger partial charge in [0.2, 0.25) is 17.0 Å². The van der Waals surface area contributed by atoms with E-state index >= 15 is 0 Å². The summed E-state index contributed by atoms with van der Waals surface area (Å²) in [6.07, 6.45) is 0. The molecular formula is C20H21ClN6O3S. The van der Waals surface area contributed by atoms with Gasteiger partial charge in [0, 0.05) is 12.6 Å². The van der Waals surface area contributed by atoms with Crippen molar-refractivity contribution < 1.29 is 14.3 Å². The van der Waals surface area contributed by atoms with Crippen LogP contribution in [-0.4, -0.2) is 58.0 Å². The molecule has 0 saturated heterocycles. The molecule has 3 N–H and O–H groups in total. The maximum Gasteiger partial charge on any atom is 0.244 e. The third-order valence-corrected chi connectivity index (χ3v) is 5.55. The number of carbonyl (C=O) groups excluding carboxylic acids is 2. The number of amides is 2. The van der Waals surface area contributed by atoms with Crippen molar-refractivity contribution in [3.8, 4) is 17.1 Å². The topological polar surface area (TPSA) is 115 Å². The Bertz CT molecular complexity index is 1070. The third-order valence-electron chi connectivity index (χ3n) is 4.29. The normalized spacial score (nSPS) is 10.5. The number of halogens is 1. The first kappa shape index (κ1) is 22.4. The van der Waals surface area contributed by atoms with Crippen molar-refractivity contribution in [2.75, 3.05) is 37.6 Å². The molecule has 0 fully saturated rings. The van der Waals surface area contributed by atoms with Crippen LogP contribution in [0.25, 0.3) is 11.4 Å². The highest BCUT2D eigenvalue weighted by atomic mass is 35.5. The number of methoxy groups -OCH3 is 1. The number of para-hydroxylation sites is 1. The molecule has 11 heteroatoms. The van der Waals surface area contributed by atoms with E-state index in [-0.39, 0.29) is 24.1 Å². The fourth-order valence-electron chi connectivity index (χ4n) is 2.60. The summed E-state index contributed by atoms with van der Waals surface area (Å²) in [5.74, 6) is 6.71. The van der Waals surface area contributed by atoms with E-state index in [2.05, 4.69) is 15.5 Å². The van der Waals surface area contributed by atoms with Gasteiger partial charge in [-0.25, -0.2) is 4.68 Å². The molecule has 0 saturated carbocycles. The Kier molecular flexibility index (Phi) is 7.37. The maximum absolute atomic E-state index is 12.4. The molecule has 31 heavy (non-hydrogen) atoms. The number of thioether (sulfide) groups is 1. The summed E-state index contributed by atoms with van der Waals surface area (Å²) in [5.41, 5.74) is 1.26. The zero-order chi connectivity index (χ0) is 22.4. The van der Waals surface area contributed by atoms with Gasteiger partial charge in [-0.15, -0.1) is 10.2 Å². The van der Waals surface area contributed by atoms with Crippen molar-refractivity contribution >= 4 is 40.9 Å². The average Bonchev–Trinajstić information content (AvgIpc) is 3.13. The minimum Gasteiger partial charge on any atom is -0.497 e. The molecule has 0 aliphatic heterocycles. The second-order valence-corrected chi connectivity index (χ2v) is 7.82. The van der Waals surface area contributed by atoms with Gasteiger partial charge in [-0.1, -0.05) is 35.5 Å². The smallest absolute Gasteiger partial charge is 0.244 e. The number of nitrogens with one attached hydrogen (secondary N) is 1. The number of rotatable bonds is 8. The first-order valence-corrected chi connectivity index (χ1v) is 10.5. The van der Waals surface area contributed by atoms with Crippen LogP contribution in [0.1, 0.15) is 0 Å². The highest BCUT2D eigenvalue weighted by molar-refractivity contribution is 7.99. The van der Waals surface area contributed by atoms with Crippen molar-refractivity contribution in [1.29, 1.82) is 0 Å². The third kappa shape index (κ3) is 5.68. The number of likely N-dealkylation sites (N-methyl/N-ethyl adjacent to an activating group) is 1. The molecule has 162 valence electrons. The molecular weight excluding hydrogens is 440 g/mol. The minimum absolute atomic E-state index is 0.0494. The van der Waals surface area contributed by atoms with Crippen LogP contribution in [0.15, 0.2) is 53.7 Å². The lowest BCUT2D eigenvalue weighted by atomic mass is 10.2. The maximum atomic E-state index is 12.4. The van der Waals surface area contributed by atoms with Gasteiger partial charge in [0.1, 0.15) is 5.75 Å². The summed E-state index contributed by atoms with van der Waals surface area (Å²) in [6, 6.07) is 14.1. The van der Waals surface area contributed by atoms with Gasteiger partial charge in [0.15, 0.2) is 5.82 Å². The molecule has 0 spiro atoms. The van der Waals surface area contributed by atoms with E-state index in [0.29, 0.717) is 27.4 Å². The Morgan fingerprint density at radius 1 is 1.19 bits per heavy atom. The lowest BCUT2D eigenvalue weighted by Crippen LogP contribution is -2.36. The van der Waals surface area contributed by atoms with Gasteiger partial charge in [-0.05, 0) is 36.4 Å². The number of hydrogen-bond donors (Lipinski definition) is 2. The number of hydrogen-bond acceptors (Lipinski definition) is 7. The van der Waals surface area contributed by atoms with E-state index in [1.165, 1.54) is 9.58 Å². The standard InChI is InChI=1S/C20H21ClN6O3S/c1-26(11-17(28)23-16-6-4-3-5-15(16)21)18(29)12-31-20-25-24-19(27(20)22)13-7-9-14(30-2)10-8-13/h3-10H,11-12,22H2,1-2H3,(H,23,28). The molecule has 3 aromatic rings. The molecule has 0 aliphatic carbocycles. The zero-order valence-electron chi connectivity index (χ0n) is 16.9. The molecule has 0 radical (unpaired) electrons. The van der Waals surface area contributed by atoms with Crippen molar-refractivity contribution in [3.63, 3.8) is 0 Å². The van der Waals surface area contributed by atoms with Crippen molar-refractivity contribution in [1.82, 2.24) is 19.8 Å². The minimum atomic E-state index is -0.349. The highest BCUT2D eigenvalue weighted by Crippen LogP contribution is 2.24. The molecule has 1 aromatic heterocycles. The first-order valence-electron chi connectivity index (χ1n) is 9.15. The van der Waals surface area contributed by atoms with Crippen LogP contribution in [0.4, 0.5) is 5.69 Å². The monoisotopic (exact) mass is 460 g/mol. The Hall–Kier alpha value is -3.24. The number of aromatic nitrogens is 3. The van der Waals surface area contributed by atoms with E-state index in [9.17, 15) is 9.59 Å². The molecule has 2 aromatic carbocycles. The predicted molar refractivity (Wildman–Crippen MR) is 121 cm³/mol. The molecule has 2 amide bonds. The van der Waals surface area contributed by atoms with E-state index in [4.69, 9.17) is 22.2 Å². The van der Waals surface area contributed by atoms with E-state index < -0.39 is 0 Å². The van der Waals surface area contributed by atoms with Crippen LogP contribution in [0.3, 0.4) is 0 Å². The van der Waals surface area contributed by atoms with Crippen molar-refractivity contribution in [2.24, 2.45) is 0 Å². The SMILES string of the molecule is COc1ccc(-c2nnc(SCC(=O)N(C)CC(=O)Nc3ccccc3Cl)n2N)cc1. The quantitative estimate of drug-likeness (QED) is 0.392. The van der Waals surface area contributed by atoms with E-state index in [1.807, 2.05) is 12.1 Å². The van der Waals surface area contributed by atoms with Crippen LogP contribution in [0, 0.1) is 0 Å². The van der Waals surface area contributed by atoms with Crippen LogP contribution in [0.5, 0.6) is 5.75 Å². The van der Waals surface area contributed by atoms with E-state index in [0.717, 1.165) is 17.3 Å². The Labute approximate surface area is 188 Å². The number of benzene rings is 2. The number of carbonyl (C=O) groups is 2. The van der Waals surface area contributed by atoms with Crippen LogP contribution in [0.2, 0.25) is 5.02 Å². The number of anilines is 1. The van der Waals surface area contributed by atoms with Gasteiger partial charge in [0.25, 0.3) is 0 Å². The van der Waals surface area contributed by atoms with Crippen molar-refractivity contribution in [3.05, 3.63) is 53.6 Å². The molecule has 0 unspecified atom stereocenters. The number of nitrogens with two attached hydrogens (primary N) is 1.